The van der Waals surface area contributed by atoms with E-state index >= 15 is 0 Å². The predicted octanol–water partition coefficient (Wildman–Crippen LogP) is 3.55. The van der Waals surface area contributed by atoms with Crippen LogP contribution in [0.1, 0.15) is 23.2 Å². The average Bonchev–Trinajstić information content (AvgIpc) is 2.51. The summed E-state index contributed by atoms with van der Waals surface area (Å²) in [5.74, 6) is 2.14. The fraction of sp³-hybridized carbons (Fsp3) is 0.438. The SMILES string of the molecule is C#CCOC1CCN(C(=O)c2cccc(SC(F)(F)F)c2)CC1. The van der Waals surface area contributed by atoms with E-state index in [0.717, 1.165) is 0 Å². The average molecular weight is 343 g/mol. The third-order valence-corrected chi connectivity index (χ3v) is 4.17. The molecule has 3 nitrogen and oxygen atoms in total. The molecular formula is C16H16F3NO2S. The number of alkyl halides is 3. The first kappa shape index (κ1) is 17.7. The van der Waals surface area contributed by atoms with Gasteiger partial charge in [0.1, 0.15) is 6.61 Å². The van der Waals surface area contributed by atoms with Gasteiger partial charge in [-0.2, -0.15) is 13.2 Å². The third-order valence-electron chi connectivity index (χ3n) is 3.45. The number of amides is 1. The molecule has 0 aromatic heterocycles. The van der Waals surface area contributed by atoms with Crippen molar-refractivity contribution < 1.29 is 22.7 Å². The number of hydrogen-bond donors (Lipinski definition) is 0. The van der Waals surface area contributed by atoms with Gasteiger partial charge >= 0.3 is 5.51 Å². The normalized spacial score (nSPS) is 16.2. The van der Waals surface area contributed by atoms with Crippen molar-refractivity contribution in [1.29, 1.82) is 0 Å². The number of carbonyl (C=O) groups is 1. The van der Waals surface area contributed by atoms with Crippen LogP contribution in [-0.4, -0.2) is 42.1 Å². The number of halogens is 3. The lowest BCUT2D eigenvalue weighted by atomic mass is 10.1. The Morgan fingerprint density at radius 1 is 1.39 bits per heavy atom. The summed E-state index contributed by atoms with van der Waals surface area (Å²) in [4.78, 5) is 14.0. The smallest absolute Gasteiger partial charge is 0.365 e. The largest absolute Gasteiger partial charge is 0.446 e. The minimum absolute atomic E-state index is 0.00981. The van der Waals surface area contributed by atoms with Gasteiger partial charge in [-0.1, -0.05) is 12.0 Å². The highest BCUT2D eigenvalue weighted by Gasteiger charge is 2.30. The van der Waals surface area contributed by atoms with Crippen molar-refractivity contribution in [1.82, 2.24) is 4.90 Å². The predicted molar refractivity (Wildman–Crippen MR) is 82.1 cm³/mol. The molecule has 1 aromatic carbocycles. The molecule has 1 aliphatic rings. The molecule has 7 heteroatoms. The summed E-state index contributed by atoms with van der Waals surface area (Å²) in [6, 6.07) is 5.62. The van der Waals surface area contributed by atoms with E-state index in [4.69, 9.17) is 11.2 Å². The van der Waals surface area contributed by atoms with Crippen LogP contribution in [0.25, 0.3) is 0 Å². The molecule has 0 spiro atoms. The number of hydrogen-bond acceptors (Lipinski definition) is 3. The number of likely N-dealkylation sites (tertiary alicyclic amines) is 1. The van der Waals surface area contributed by atoms with Gasteiger partial charge < -0.3 is 9.64 Å². The van der Waals surface area contributed by atoms with E-state index in [1.54, 1.807) is 4.90 Å². The third kappa shape index (κ3) is 5.48. The molecule has 0 saturated carbocycles. The number of carbonyl (C=O) groups excluding carboxylic acids is 1. The number of rotatable bonds is 4. The molecule has 0 aliphatic carbocycles. The van der Waals surface area contributed by atoms with Crippen LogP contribution < -0.4 is 0 Å². The fourth-order valence-corrected chi connectivity index (χ4v) is 3.00. The van der Waals surface area contributed by atoms with E-state index in [0.29, 0.717) is 25.9 Å². The Labute approximate surface area is 137 Å². The minimum atomic E-state index is -4.37. The van der Waals surface area contributed by atoms with E-state index in [2.05, 4.69) is 5.92 Å². The second kappa shape index (κ2) is 7.75. The summed E-state index contributed by atoms with van der Waals surface area (Å²) >= 11 is -0.221. The van der Waals surface area contributed by atoms with Crippen molar-refractivity contribution in [3.8, 4) is 12.3 Å². The van der Waals surface area contributed by atoms with Crippen LogP contribution in [0.2, 0.25) is 0 Å². The molecule has 1 aromatic rings. The number of piperidine rings is 1. The van der Waals surface area contributed by atoms with Crippen molar-refractivity contribution >= 4 is 17.7 Å². The molecule has 0 radical (unpaired) electrons. The zero-order chi connectivity index (χ0) is 16.9. The summed E-state index contributed by atoms with van der Waals surface area (Å²) < 4.78 is 42.7. The maximum absolute atomic E-state index is 12.4. The van der Waals surface area contributed by atoms with E-state index < -0.39 is 5.51 Å². The fourth-order valence-electron chi connectivity index (χ4n) is 2.40. The molecule has 0 unspecified atom stereocenters. The molecule has 0 bridgehead atoms. The van der Waals surface area contributed by atoms with Crippen molar-refractivity contribution in [3.63, 3.8) is 0 Å². The van der Waals surface area contributed by atoms with Gasteiger partial charge in [0.15, 0.2) is 0 Å². The summed E-state index contributed by atoms with van der Waals surface area (Å²) in [5, 5.41) is 0. The number of ether oxygens (including phenoxy) is 1. The first-order valence-electron chi connectivity index (χ1n) is 7.09. The summed E-state index contributed by atoms with van der Waals surface area (Å²) in [6.45, 7) is 1.25. The van der Waals surface area contributed by atoms with Crippen LogP contribution in [0.4, 0.5) is 13.2 Å². The van der Waals surface area contributed by atoms with E-state index in [1.165, 1.54) is 24.3 Å². The van der Waals surface area contributed by atoms with Gasteiger partial charge in [-0.15, -0.1) is 6.42 Å². The lowest BCUT2D eigenvalue weighted by Gasteiger charge is -2.31. The van der Waals surface area contributed by atoms with Gasteiger partial charge in [0.25, 0.3) is 5.91 Å². The maximum Gasteiger partial charge on any atom is 0.446 e. The quantitative estimate of drug-likeness (QED) is 0.618. The minimum Gasteiger partial charge on any atom is -0.365 e. The number of nitrogens with zero attached hydrogens (tertiary/aromatic N) is 1. The molecule has 2 rings (SSSR count). The molecule has 23 heavy (non-hydrogen) atoms. The Morgan fingerprint density at radius 2 is 2.09 bits per heavy atom. The van der Waals surface area contributed by atoms with Crippen LogP contribution in [0.15, 0.2) is 29.2 Å². The second-order valence-electron chi connectivity index (χ2n) is 5.08. The van der Waals surface area contributed by atoms with Gasteiger partial charge in [-0.25, -0.2) is 0 Å². The number of thioether (sulfide) groups is 1. The van der Waals surface area contributed by atoms with Crippen molar-refractivity contribution in [3.05, 3.63) is 29.8 Å². The van der Waals surface area contributed by atoms with E-state index in [-0.39, 0.29) is 40.8 Å². The summed E-state index contributed by atoms with van der Waals surface area (Å²) in [7, 11) is 0. The Balaban J connectivity index is 1.96. The van der Waals surface area contributed by atoms with Gasteiger partial charge in [-0.3, -0.25) is 4.79 Å². The molecule has 1 amide bonds. The zero-order valence-corrected chi connectivity index (χ0v) is 13.1. The monoisotopic (exact) mass is 343 g/mol. The van der Waals surface area contributed by atoms with E-state index in [9.17, 15) is 18.0 Å². The van der Waals surface area contributed by atoms with Gasteiger partial charge in [0, 0.05) is 23.5 Å². The number of terminal acetylenes is 1. The standard InChI is InChI=1S/C16H16F3NO2S/c1-2-10-22-13-6-8-20(9-7-13)15(21)12-4-3-5-14(11-12)23-16(17,18)19/h1,3-5,11,13H,6-10H2. The Kier molecular flexibility index (Phi) is 5.97. The highest BCUT2D eigenvalue weighted by Crippen LogP contribution is 2.37. The molecule has 1 aliphatic heterocycles. The molecule has 1 heterocycles. The van der Waals surface area contributed by atoms with Crippen molar-refractivity contribution in [2.45, 2.75) is 29.3 Å². The molecule has 1 fully saturated rings. The second-order valence-corrected chi connectivity index (χ2v) is 6.22. The highest BCUT2D eigenvalue weighted by molar-refractivity contribution is 8.00. The molecule has 0 N–H and O–H groups in total. The lowest BCUT2D eigenvalue weighted by molar-refractivity contribution is -0.0328. The Morgan fingerprint density at radius 3 is 2.70 bits per heavy atom. The van der Waals surface area contributed by atoms with Crippen LogP contribution in [-0.2, 0) is 4.74 Å². The molecule has 0 atom stereocenters. The Hall–Kier alpha value is -1.65. The summed E-state index contributed by atoms with van der Waals surface area (Å²) in [5.41, 5.74) is -4.10. The van der Waals surface area contributed by atoms with E-state index in [1.807, 2.05) is 0 Å². The topological polar surface area (TPSA) is 29.5 Å². The van der Waals surface area contributed by atoms with Gasteiger partial charge in [0.2, 0.25) is 0 Å². The van der Waals surface area contributed by atoms with Crippen molar-refractivity contribution in [2.75, 3.05) is 19.7 Å². The van der Waals surface area contributed by atoms with Crippen LogP contribution >= 0.6 is 11.8 Å². The van der Waals surface area contributed by atoms with Crippen LogP contribution in [0, 0.1) is 12.3 Å². The van der Waals surface area contributed by atoms with Crippen LogP contribution in [0.3, 0.4) is 0 Å². The highest BCUT2D eigenvalue weighted by atomic mass is 32.2. The lowest BCUT2D eigenvalue weighted by Crippen LogP contribution is -2.40. The van der Waals surface area contributed by atoms with Crippen molar-refractivity contribution in [2.24, 2.45) is 0 Å². The maximum atomic E-state index is 12.4. The zero-order valence-electron chi connectivity index (χ0n) is 12.3. The van der Waals surface area contributed by atoms with Gasteiger partial charge in [0.05, 0.1) is 6.10 Å². The summed E-state index contributed by atoms with van der Waals surface area (Å²) in [6.07, 6.45) is 6.51. The van der Waals surface area contributed by atoms with Crippen LogP contribution in [0.5, 0.6) is 0 Å². The first-order valence-corrected chi connectivity index (χ1v) is 7.91. The molecule has 124 valence electrons. The molecule has 1 saturated heterocycles. The Bertz CT molecular complexity index is 590. The number of benzene rings is 1. The first-order chi connectivity index (χ1) is 10.9. The van der Waals surface area contributed by atoms with Gasteiger partial charge in [-0.05, 0) is 42.8 Å². The molecular weight excluding hydrogens is 327 g/mol.